The number of rotatable bonds is 3. The quantitative estimate of drug-likeness (QED) is 0.876. The van der Waals surface area contributed by atoms with E-state index in [0.29, 0.717) is 0 Å². The fourth-order valence-corrected chi connectivity index (χ4v) is 2.92. The second-order valence-electron chi connectivity index (χ2n) is 4.72. The number of thioether (sulfide) groups is 1. The van der Waals surface area contributed by atoms with Gasteiger partial charge in [0, 0.05) is 18.1 Å². The van der Waals surface area contributed by atoms with Crippen molar-refractivity contribution in [1.29, 1.82) is 0 Å². The minimum absolute atomic E-state index is 0.0448. The maximum atomic E-state index is 12.1. The van der Waals surface area contributed by atoms with Crippen LogP contribution in [0.4, 0.5) is 0 Å². The summed E-state index contributed by atoms with van der Waals surface area (Å²) in [6, 6.07) is 8.31. The van der Waals surface area contributed by atoms with Gasteiger partial charge in [0.2, 0.25) is 5.91 Å². The van der Waals surface area contributed by atoms with Crippen LogP contribution >= 0.6 is 11.8 Å². The van der Waals surface area contributed by atoms with Gasteiger partial charge in [-0.05, 0) is 19.4 Å². The molecule has 1 aromatic carbocycles. The standard InChI is InChI=1S/C14H20N2OS/c1-10-3-5-12(6-4-10)11(2)16-14(17)13-9-18-8-7-15-13/h3-6,11,13,15H,7-9H2,1-2H3,(H,16,17). The lowest BCUT2D eigenvalue weighted by Gasteiger charge is -2.24. The van der Waals surface area contributed by atoms with E-state index < -0.39 is 0 Å². The number of nitrogens with one attached hydrogen (secondary N) is 2. The average Bonchev–Trinajstić information content (AvgIpc) is 2.40. The van der Waals surface area contributed by atoms with Gasteiger partial charge >= 0.3 is 0 Å². The highest BCUT2D eigenvalue weighted by atomic mass is 32.2. The van der Waals surface area contributed by atoms with E-state index in [-0.39, 0.29) is 18.0 Å². The second-order valence-corrected chi connectivity index (χ2v) is 5.87. The van der Waals surface area contributed by atoms with Gasteiger partial charge in [0.15, 0.2) is 0 Å². The Morgan fingerprint density at radius 3 is 2.78 bits per heavy atom. The lowest BCUT2D eigenvalue weighted by atomic mass is 10.1. The van der Waals surface area contributed by atoms with Crippen molar-refractivity contribution in [2.45, 2.75) is 25.9 Å². The molecular formula is C14H20N2OS. The van der Waals surface area contributed by atoms with Crippen LogP contribution < -0.4 is 10.6 Å². The lowest BCUT2D eigenvalue weighted by molar-refractivity contribution is -0.123. The highest BCUT2D eigenvalue weighted by Crippen LogP contribution is 2.14. The molecule has 18 heavy (non-hydrogen) atoms. The Kier molecular flexibility index (Phi) is 4.66. The van der Waals surface area contributed by atoms with Crippen LogP contribution in [-0.4, -0.2) is 30.0 Å². The predicted molar refractivity (Wildman–Crippen MR) is 76.9 cm³/mol. The van der Waals surface area contributed by atoms with E-state index in [9.17, 15) is 4.79 Å². The maximum Gasteiger partial charge on any atom is 0.238 e. The predicted octanol–water partition coefficient (Wildman–Crippen LogP) is 1.88. The molecule has 0 aromatic heterocycles. The van der Waals surface area contributed by atoms with Crippen LogP contribution in [0, 0.1) is 6.92 Å². The second kappa shape index (κ2) is 6.25. The summed E-state index contributed by atoms with van der Waals surface area (Å²) in [6.07, 6.45) is 0. The van der Waals surface area contributed by atoms with Crippen molar-refractivity contribution in [3.05, 3.63) is 35.4 Å². The van der Waals surface area contributed by atoms with Gasteiger partial charge in [0.1, 0.15) is 0 Å². The highest BCUT2D eigenvalue weighted by Gasteiger charge is 2.22. The van der Waals surface area contributed by atoms with Crippen LogP contribution in [0.15, 0.2) is 24.3 Å². The maximum absolute atomic E-state index is 12.1. The number of carbonyl (C=O) groups is 1. The topological polar surface area (TPSA) is 41.1 Å². The van der Waals surface area contributed by atoms with Crippen molar-refractivity contribution in [3.8, 4) is 0 Å². The smallest absolute Gasteiger partial charge is 0.238 e. The number of amides is 1. The summed E-state index contributed by atoms with van der Waals surface area (Å²) >= 11 is 1.83. The number of aryl methyl sites for hydroxylation is 1. The zero-order valence-electron chi connectivity index (χ0n) is 10.9. The summed E-state index contributed by atoms with van der Waals surface area (Å²) in [5.41, 5.74) is 2.39. The summed E-state index contributed by atoms with van der Waals surface area (Å²) in [6.45, 7) is 5.01. The van der Waals surface area contributed by atoms with Crippen molar-refractivity contribution in [1.82, 2.24) is 10.6 Å². The van der Waals surface area contributed by atoms with Crippen LogP contribution in [0.1, 0.15) is 24.1 Å². The van der Waals surface area contributed by atoms with E-state index >= 15 is 0 Å². The fourth-order valence-electron chi connectivity index (χ4n) is 1.99. The third-order valence-corrected chi connectivity index (χ3v) is 4.24. The number of hydrogen-bond donors (Lipinski definition) is 2. The zero-order chi connectivity index (χ0) is 13.0. The summed E-state index contributed by atoms with van der Waals surface area (Å²) in [5.74, 6) is 2.07. The molecule has 1 heterocycles. The van der Waals surface area contributed by atoms with Gasteiger partial charge in [0.25, 0.3) is 0 Å². The van der Waals surface area contributed by atoms with Crippen molar-refractivity contribution in [3.63, 3.8) is 0 Å². The molecule has 0 radical (unpaired) electrons. The minimum Gasteiger partial charge on any atom is -0.348 e. The third-order valence-electron chi connectivity index (χ3n) is 3.17. The summed E-state index contributed by atoms with van der Waals surface area (Å²) in [5, 5.41) is 6.32. The molecule has 1 aliphatic heterocycles. The first kappa shape index (κ1) is 13.4. The summed E-state index contributed by atoms with van der Waals surface area (Å²) in [7, 11) is 0. The van der Waals surface area contributed by atoms with Gasteiger partial charge in [-0.15, -0.1) is 0 Å². The Labute approximate surface area is 113 Å². The van der Waals surface area contributed by atoms with Crippen molar-refractivity contribution >= 4 is 17.7 Å². The molecule has 0 saturated carbocycles. The van der Waals surface area contributed by atoms with Gasteiger partial charge in [-0.3, -0.25) is 4.79 Å². The van der Waals surface area contributed by atoms with Gasteiger partial charge in [-0.25, -0.2) is 0 Å². The molecule has 4 heteroatoms. The zero-order valence-corrected chi connectivity index (χ0v) is 11.7. The van der Waals surface area contributed by atoms with Gasteiger partial charge < -0.3 is 10.6 Å². The monoisotopic (exact) mass is 264 g/mol. The van der Waals surface area contributed by atoms with E-state index in [1.807, 2.05) is 18.7 Å². The van der Waals surface area contributed by atoms with Gasteiger partial charge in [-0.1, -0.05) is 29.8 Å². The fraction of sp³-hybridized carbons (Fsp3) is 0.500. The molecule has 1 aliphatic rings. The Hall–Kier alpha value is -1.00. The largest absolute Gasteiger partial charge is 0.348 e. The van der Waals surface area contributed by atoms with E-state index in [4.69, 9.17) is 0 Å². The van der Waals surface area contributed by atoms with E-state index in [1.165, 1.54) is 5.56 Å². The molecule has 1 fully saturated rings. The Bertz CT molecular complexity index is 399. The molecule has 1 aromatic rings. The van der Waals surface area contributed by atoms with Crippen LogP contribution in [-0.2, 0) is 4.79 Å². The van der Waals surface area contributed by atoms with Crippen molar-refractivity contribution in [2.24, 2.45) is 0 Å². The van der Waals surface area contributed by atoms with Crippen molar-refractivity contribution in [2.75, 3.05) is 18.1 Å². The Balaban J connectivity index is 1.91. The molecule has 2 atom stereocenters. The van der Waals surface area contributed by atoms with E-state index in [1.54, 1.807) is 0 Å². The molecular weight excluding hydrogens is 244 g/mol. The SMILES string of the molecule is Cc1ccc(C(C)NC(=O)C2CSCCN2)cc1. The first-order chi connectivity index (χ1) is 8.66. The van der Waals surface area contributed by atoms with Crippen LogP contribution in [0.2, 0.25) is 0 Å². The van der Waals surface area contributed by atoms with Gasteiger partial charge in [-0.2, -0.15) is 11.8 Å². The molecule has 2 unspecified atom stereocenters. The molecule has 2 N–H and O–H groups in total. The Morgan fingerprint density at radius 1 is 1.44 bits per heavy atom. The summed E-state index contributed by atoms with van der Waals surface area (Å²) < 4.78 is 0. The Morgan fingerprint density at radius 2 is 2.17 bits per heavy atom. The van der Waals surface area contributed by atoms with Crippen LogP contribution in [0.5, 0.6) is 0 Å². The minimum atomic E-state index is -0.0448. The normalized spacial score (nSPS) is 21.3. The van der Waals surface area contributed by atoms with Crippen molar-refractivity contribution < 1.29 is 4.79 Å². The lowest BCUT2D eigenvalue weighted by Crippen LogP contribution is -2.49. The molecule has 0 spiro atoms. The van der Waals surface area contributed by atoms with E-state index in [2.05, 4.69) is 41.8 Å². The molecule has 1 amide bonds. The molecule has 0 bridgehead atoms. The number of hydrogen-bond acceptors (Lipinski definition) is 3. The first-order valence-electron chi connectivity index (χ1n) is 6.35. The van der Waals surface area contributed by atoms with Crippen LogP contribution in [0.25, 0.3) is 0 Å². The molecule has 2 rings (SSSR count). The van der Waals surface area contributed by atoms with E-state index in [0.717, 1.165) is 23.6 Å². The number of benzene rings is 1. The molecule has 0 aliphatic carbocycles. The third kappa shape index (κ3) is 3.50. The average molecular weight is 264 g/mol. The first-order valence-corrected chi connectivity index (χ1v) is 7.50. The molecule has 3 nitrogen and oxygen atoms in total. The van der Waals surface area contributed by atoms with Gasteiger partial charge in [0.05, 0.1) is 12.1 Å². The highest BCUT2D eigenvalue weighted by molar-refractivity contribution is 7.99. The summed E-state index contributed by atoms with van der Waals surface area (Å²) in [4.78, 5) is 12.1. The van der Waals surface area contributed by atoms with Crippen LogP contribution in [0.3, 0.4) is 0 Å². The molecule has 1 saturated heterocycles. The molecule has 98 valence electrons. The number of carbonyl (C=O) groups excluding carboxylic acids is 1.